The van der Waals surface area contributed by atoms with Gasteiger partial charge in [0.2, 0.25) is 0 Å². The van der Waals surface area contributed by atoms with Crippen molar-refractivity contribution < 1.29 is 28.7 Å². The minimum atomic E-state index is -0.351. The monoisotopic (exact) mass is 659 g/mol. The number of hydrogen-bond donors (Lipinski definition) is 2. The van der Waals surface area contributed by atoms with E-state index < -0.39 is 0 Å². The van der Waals surface area contributed by atoms with E-state index in [4.69, 9.17) is 9.47 Å². The van der Waals surface area contributed by atoms with Gasteiger partial charge in [-0.3, -0.25) is 19.2 Å². The Balaban J connectivity index is 2.99. The fourth-order valence-corrected chi connectivity index (χ4v) is 5.47. The quantitative estimate of drug-likeness (QED) is 0.0659. The second-order valence-corrected chi connectivity index (χ2v) is 12.3. The van der Waals surface area contributed by atoms with Crippen LogP contribution in [0.2, 0.25) is 0 Å². The molecule has 0 aliphatic heterocycles. The number of hydrogen-bond acceptors (Lipinski definition) is 7. The summed E-state index contributed by atoms with van der Waals surface area (Å²) in [7, 11) is 0. The SMILES string of the molecule is CCCCCCCCCCNC(=O)c1cc(C(=O)NCCCCCCCCCC)cc(N(CCC(=O)OCC)CCC(=O)OCC)c1. The number of rotatable bonds is 29. The molecule has 9 nitrogen and oxygen atoms in total. The molecule has 0 aliphatic rings. The van der Waals surface area contributed by atoms with Gasteiger partial charge in [0, 0.05) is 43.0 Å². The number of benzene rings is 1. The van der Waals surface area contributed by atoms with Gasteiger partial charge in [-0.05, 0) is 44.9 Å². The van der Waals surface area contributed by atoms with Crippen molar-refractivity contribution in [2.75, 3.05) is 44.3 Å². The Bertz CT molecular complexity index is 941. The molecule has 0 fully saturated rings. The van der Waals surface area contributed by atoms with Crippen LogP contribution in [0.3, 0.4) is 0 Å². The summed E-state index contributed by atoms with van der Waals surface area (Å²) < 4.78 is 10.2. The maximum Gasteiger partial charge on any atom is 0.307 e. The van der Waals surface area contributed by atoms with Gasteiger partial charge in [0.1, 0.15) is 0 Å². The number of amides is 2. The lowest BCUT2D eigenvalue weighted by Crippen LogP contribution is -2.31. The molecule has 0 aromatic heterocycles. The summed E-state index contributed by atoms with van der Waals surface area (Å²) in [4.78, 5) is 52.9. The van der Waals surface area contributed by atoms with Crippen molar-refractivity contribution in [3.63, 3.8) is 0 Å². The first-order valence-corrected chi connectivity index (χ1v) is 18.6. The van der Waals surface area contributed by atoms with E-state index in [-0.39, 0.29) is 62.9 Å². The third kappa shape index (κ3) is 20.7. The van der Waals surface area contributed by atoms with Gasteiger partial charge in [-0.2, -0.15) is 0 Å². The first-order chi connectivity index (χ1) is 22.9. The van der Waals surface area contributed by atoms with E-state index >= 15 is 0 Å². The van der Waals surface area contributed by atoms with E-state index in [0.717, 1.165) is 38.5 Å². The highest BCUT2D eigenvalue weighted by atomic mass is 16.5. The highest BCUT2D eigenvalue weighted by Crippen LogP contribution is 2.22. The minimum absolute atomic E-state index is 0.103. The first kappa shape index (κ1) is 41.9. The van der Waals surface area contributed by atoms with Crippen molar-refractivity contribution in [1.82, 2.24) is 10.6 Å². The van der Waals surface area contributed by atoms with E-state index in [1.807, 2.05) is 4.90 Å². The Hall–Kier alpha value is -3.10. The maximum atomic E-state index is 13.3. The van der Waals surface area contributed by atoms with Gasteiger partial charge in [0.15, 0.2) is 0 Å². The molecule has 0 unspecified atom stereocenters. The molecule has 0 heterocycles. The van der Waals surface area contributed by atoms with Crippen LogP contribution in [0, 0.1) is 0 Å². The molecule has 0 saturated carbocycles. The van der Waals surface area contributed by atoms with Crippen molar-refractivity contribution in [2.45, 2.75) is 143 Å². The van der Waals surface area contributed by atoms with Gasteiger partial charge in [-0.1, -0.05) is 104 Å². The Morgan fingerprint density at radius 2 is 0.894 bits per heavy atom. The van der Waals surface area contributed by atoms with Crippen molar-refractivity contribution in [3.8, 4) is 0 Å². The van der Waals surface area contributed by atoms with E-state index in [1.165, 1.54) is 64.2 Å². The lowest BCUT2D eigenvalue weighted by molar-refractivity contribution is -0.143. The largest absolute Gasteiger partial charge is 0.466 e. The molecule has 1 rings (SSSR count). The molecule has 268 valence electrons. The standard InChI is InChI=1S/C38H65N3O6/c1-5-9-11-13-15-17-19-21-25-39-37(44)32-29-33(38(45)40-26-22-20-18-16-14-12-10-6-2)31-34(30-32)41(27-23-35(42)46-7-3)28-24-36(43)47-8-4/h29-31H,5-28H2,1-4H3,(H,39,44)(H,40,45). The molecule has 0 atom stereocenters. The molecule has 0 radical (unpaired) electrons. The predicted molar refractivity (Wildman–Crippen MR) is 191 cm³/mol. The third-order valence-electron chi connectivity index (χ3n) is 8.22. The Kier molecular flexibility index (Phi) is 24.9. The molecule has 1 aromatic rings. The molecule has 1 aromatic carbocycles. The molecule has 2 amide bonds. The van der Waals surface area contributed by atoms with Crippen LogP contribution in [-0.4, -0.2) is 63.1 Å². The average Bonchev–Trinajstić information content (AvgIpc) is 3.06. The predicted octanol–water partition coefficient (Wildman–Crippen LogP) is 8.14. The van der Waals surface area contributed by atoms with Crippen LogP contribution in [0.25, 0.3) is 0 Å². The summed E-state index contributed by atoms with van der Waals surface area (Å²) in [5.41, 5.74) is 1.34. The summed E-state index contributed by atoms with van der Waals surface area (Å²) in [6.07, 6.45) is 19.1. The number of carbonyl (C=O) groups excluding carboxylic acids is 4. The van der Waals surface area contributed by atoms with Gasteiger partial charge in [0.05, 0.1) is 26.1 Å². The summed E-state index contributed by atoms with van der Waals surface area (Å²) >= 11 is 0. The van der Waals surface area contributed by atoms with Crippen LogP contribution in [0.1, 0.15) is 164 Å². The lowest BCUT2D eigenvalue weighted by atomic mass is 10.1. The number of esters is 2. The Morgan fingerprint density at radius 3 is 1.26 bits per heavy atom. The number of unbranched alkanes of at least 4 members (excludes halogenated alkanes) is 14. The Labute approximate surface area is 285 Å². The number of anilines is 1. The van der Waals surface area contributed by atoms with E-state index in [9.17, 15) is 19.2 Å². The fourth-order valence-electron chi connectivity index (χ4n) is 5.47. The summed E-state index contributed by atoms with van der Waals surface area (Å²) in [5, 5.41) is 6.05. The minimum Gasteiger partial charge on any atom is -0.466 e. The van der Waals surface area contributed by atoms with Crippen LogP contribution in [0.4, 0.5) is 5.69 Å². The van der Waals surface area contributed by atoms with Gasteiger partial charge < -0.3 is 25.0 Å². The smallest absolute Gasteiger partial charge is 0.307 e. The maximum absolute atomic E-state index is 13.3. The zero-order valence-electron chi connectivity index (χ0n) is 30.1. The van der Waals surface area contributed by atoms with Gasteiger partial charge in [-0.25, -0.2) is 0 Å². The van der Waals surface area contributed by atoms with Crippen LogP contribution < -0.4 is 15.5 Å². The number of nitrogens with one attached hydrogen (secondary N) is 2. The Morgan fingerprint density at radius 1 is 0.532 bits per heavy atom. The highest BCUT2D eigenvalue weighted by molar-refractivity contribution is 6.01. The van der Waals surface area contributed by atoms with Crippen LogP contribution in [0.15, 0.2) is 18.2 Å². The van der Waals surface area contributed by atoms with Crippen molar-refractivity contribution in [2.24, 2.45) is 0 Å². The fraction of sp³-hybridized carbons (Fsp3) is 0.737. The van der Waals surface area contributed by atoms with Crippen LogP contribution >= 0.6 is 0 Å². The topological polar surface area (TPSA) is 114 Å². The molecule has 0 saturated heterocycles. The summed E-state index contributed by atoms with van der Waals surface area (Å²) in [6, 6.07) is 5.09. The molecule has 2 N–H and O–H groups in total. The number of carbonyl (C=O) groups is 4. The van der Waals surface area contributed by atoms with E-state index in [1.54, 1.807) is 32.0 Å². The van der Waals surface area contributed by atoms with E-state index in [0.29, 0.717) is 29.9 Å². The molecule has 9 heteroatoms. The number of nitrogens with zero attached hydrogens (tertiary/aromatic N) is 1. The van der Waals surface area contributed by atoms with E-state index in [2.05, 4.69) is 24.5 Å². The zero-order chi connectivity index (χ0) is 34.5. The third-order valence-corrected chi connectivity index (χ3v) is 8.22. The summed E-state index contributed by atoms with van der Waals surface area (Å²) in [6.45, 7) is 10.2. The summed E-state index contributed by atoms with van der Waals surface area (Å²) in [5.74, 6) is -1.20. The van der Waals surface area contributed by atoms with Crippen molar-refractivity contribution in [1.29, 1.82) is 0 Å². The zero-order valence-corrected chi connectivity index (χ0v) is 30.1. The lowest BCUT2D eigenvalue weighted by Gasteiger charge is -2.25. The first-order valence-electron chi connectivity index (χ1n) is 18.6. The van der Waals surface area contributed by atoms with Crippen LogP contribution in [0.5, 0.6) is 0 Å². The highest BCUT2D eigenvalue weighted by Gasteiger charge is 2.18. The van der Waals surface area contributed by atoms with Gasteiger partial charge >= 0.3 is 11.9 Å². The molecule has 0 bridgehead atoms. The number of ether oxygens (including phenoxy) is 2. The molecule has 0 spiro atoms. The van der Waals surface area contributed by atoms with Gasteiger partial charge in [-0.15, -0.1) is 0 Å². The second kappa shape index (κ2) is 28.0. The second-order valence-electron chi connectivity index (χ2n) is 12.3. The van der Waals surface area contributed by atoms with Crippen LogP contribution in [-0.2, 0) is 19.1 Å². The van der Waals surface area contributed by atoms with Gasteiger partial charge in [0.25, 0.3) is 11.8 Å². The normalized spacial score (nSPS) is 10.8. The average molecular weight is 660 g/mol. The van der Waals surface area contributed by atoms with Crippen molar-refractivity contribution >= 4 is 29.4 Å². The van der Waals surface area contributed by atoms with Crippen molar-refractivity contribution in [3.05, 3.63) is 29.3 Å². The molecular formula is C38H65N3O6. The molecular weight excluding hydrogens is 594 g/mol. The molecule has 0 aliphatic carbocycles. The molecule has 47 heavy (non-hydrogen) atoms.